The molecule has 0 atom stereocenters. The fourth-order valence-corrected chi connectivity index (χ4v) is 3.84. The molecule has 4 aromatic carbocycles. The molecule has 0 saturated heterocycles. The Hall–Kier alpha value is -4.09. The zero-order valence-electron chi connectivity index (χ0n) is 16.0. The Morgan fingerprint density at radius 1 is 0.833 bits per heavy atom. The van der Waals surface area contributed by atoms with E-state index in [1.165, 1.54) is 0 Å². The van der Waals surface area contributed by atoms with Crippen LogP contribution < -0.4 is 16.5 Å². The number of nitrogens with one attached hydrogen (secondary N) is 1. The van der Waals surface area contributed by atoms with Gasteiger partial charge in [-0.2, -0.15) is 0 Å². The average molecular weight is 390 g/mol. The van der Waals surface area contributed by atoms with Crippen molar-refractivity contribution in [3.8, 4) is 11.3 Å². The van der Waals surface area contributed by atoms with Gasteiger partial charge >= 0.3 is 0 Å². The van der Waals surface area contributed by atoms with Crippen LogP contribution in [0.4, 0.5) is 0 Å². The maximum Gasteiger partial charge on any atom is 0.150 e. The molecule has 0 amide bonds. The van der Waals surface area contributed by atoms with Gasteiger partial charge in [0.1, 0.15) is 17.5 Å². The molecule has 0 aliphatic rings. The standard InChI is InChI=1S/C25H18N4O/c26-27-23(17-7-3-1-4-8-17)21-13-19-11-16(15-30)12-20(19)14-22-24(28-29-25(21)22)18-9-5-2-6-10-18/h1-15,27H,26H2/b23-21-. The molecular formula is C25H18N4O. The van der Waals surface area contributed by atoms with Crippen molar-refractivity contribution in [1.82, 2.24) is 15.6 Å². The van der Waals surface area contributed by atoms with E-state index in [4.69, 9.17) is 5.84 Å². The molecule has 0 saturated carbocycles. The summed E-state index contributed by atoms with van der Waals surface area (Å²) in [4.78, 5) is 11.4. The highest BCUT2D eigenvalue weighted by Gasteiger charge is 2.14. The van der Waals surface area contributed by atoms with Crippen LogP contribution in [0.3, 0.4) is 0 Å². The summed E-state index contributed by atoms with van der Waals surface area (Å²) in [6, 6.07) is 27.6. The summed E-state index contributed by atoms with van der Waals surface area (Å²) in [5.41, 5.74) is 7.68. The molecule has 0 aliphatic heterocycles. The van der Waals surface area contributed by atoms with E-state index in [1.54, 1.807) is 0 Å². The number of fused-ring (bicyclic) bond motifs is 2. The lowest BCUT2D eigenvalue weighted by Gasteiger charge is -2.06. The lowest BCUT2D eigenvalue weighted by atomic mass is 10.1. The third kappa shape index (κ3) is 2.98. The first kappa shape index (κ1) is 18.0. The molecule has 3 N–H and O–H groups in total. The molecule has 0 fully saturated rings. The molecule has 5 nitrogen and oxygen atoms in total. The minimum absolute atomic E-state index is 0.631. The Morgan fingerprint density at radius 2 is 1.50 bits per heavy atom. The lowest BCUT2D eigenvalue weighted by Crippen LogP contribution is -2.27. The minimum atomic E-state index is 0.631. The topological polar surface area (TPSA) is 80.9 Å². The third-order valence-electron chi connectivity index (χ3n) is 5.25. The fraction of sp³-hybridized carbons (Fsp3) is 0. The lowest BCUT2D eigenvalue weighted by molar-refractivity contribution is 0.112. The number of carbonyl (C=O) groups is 1. The van der Waals surface area contributed by atoms with Gasteiger partial charge in [0.25, 0.3) is 0 Å². The van der Waals surface area contributed by atoms with Gasteiger partial charge in [0.05, 0.1) is 5.70 Å². The Labute approximate surface area is 172 Å². The number of nitrogens with two attached hydrogens (primary N) is 1. The molecule has 30 heavy (non-hydrogen) atoms. The Kier molecular flexibility index (Phi) is 4.42. The number of aldehydes is 1. The zero-order valence-corrected chi connectivity index (χ0v) is 16.0. The highest BCUT2D eigenvalue weighted by molar-refractivity contribution is 6.02. The third-order valence-corrected chi connectivity index (χ3v) is 5.25. The van der Waals surface area contributed by atoms with Crippen molar-refractivity contribution >= 4 is 33.7 Å². The zero-order chi connectivity index (χ0) is 20.5. The van der Waals surface area contributed by atoms with Crippen molar-refractivity contribution in [3.63, 3.8) is 0 Å². The second-order valence-corrected chi connectivity index (χ2v) is 7.08. The molecule has 1 aromatic heterocycles. The van der Waals surface area contributed by atoms with Crippen LogP contribution >= 0.6 is 0 Å². The normalized spacial score (nSPS) is 12.2. The maximum atomic E-state index is 11.4. The van der Waals surface area contributed by atoms with E-state index in [-0.39, 0.29) is 0 Å². The molecule has 0 spiro atoms. The first-order valence-corrected chi connectivity index (χ1v) is 9.59. The van der Waals surface area contributed by atoms with Gasteiger partial charge in [0.2, 0.25) is 0 Å². The van der Waals surface area contributed by atoms with Crippen LogP contribution in [0.1, 0.15) is 15.9 Å². The Balaban J connectivity index is 1.98. The highest BCUT2D eigenvalue weighted by Crippen LogP contribution is 2.28. The van der Waals surface area contributed by atoms with Crippen molar-refractivity contribution in [2.24, 2.45) is 5.84 Å². The molecule has 5 aromatic rings. The van der Waals surface area contributed by atoms with Gasteiger partial charge in [-0.15, -0.1) is 10.2 Å². The van der Waals surface area contributed by atoms with E-state index in [0.29, 0.717) is 5.56 Å². The molecule has 0 aliphatic carbocycles. The number of hydrogen-bond donors (Lipinski definition) is 2. The number of hydrazine groups is 1. The van der Waals surface area contributed by atoms with Crippen molar-refractivity contribution in [3.05, 3.63) is 101 Å². The minimum Gasteiger partial charge on any atom is -0.323 e. The molecule has 5 heteroatoms. The highest BCUT2D eigenvalue weighted by atomic mass is 16.1. The van der Waals surface area contributed by atoms with E-state index >= 15 is 0 Å². The molecule has 144 valence electrons. The number of aromatic nitrogens is 2. The Morgan fingerprint density at radius 3 is 2.17 bits per heavy atom. The number of rotatable bonds is 4. The maximum absolute atomic E-state index is 11.4. The first-order valence-electron chi connectivity index (χ1n) is 9.59. The second kappa shape index (κ2) is 7.39. The fourth-order valence-electron chi connectivity index (χ4n) is 3.84. The molecule has 0 radical (unpaired) electrons. The van der Waals surface area contributed by atoms with E-state index in [0.717, 1.165) is 55.7 Å². The smallest absolute Gasteiger partial charge is 0.150 e. The van der Waals surface area contributed by atoms with Crippen LogP contribution in [0, 0.1) is 0 Å². The number of benzene rings is 2. The van der Waals surface area contributed by atoms with E-state index in [9.17, 15) is 4.79 Å². The van der Waals surface area contributed by atoms with Crippen molar-refractivity contribution < 1.29 is 4.79 Å². The summed E-state index contributed by atoms with van der Waals surface area (Å²) in [6.07, 6.45) is 0.861. The van der Waals surface area contributed by atoms with Gasteiger partial charge in [0, 0.05) is 21.7 Å². The quantitative estimate of drug-likeness (QED) is 0.278. The molecular weight excluding hydrogens is 372 g/mol. The van der Waals surface area contributed by atoms with Crippen molar-refractivity contribution in [2.45, 2.75) is 0 Å². The molecule has 5 rings (SSSR count). The number of nitrogens with zero attached hydrogens (tertiary/aromatic N) is 2. The predicted molar refractivity (Wildman–Crippen MR) is 119 cm³/mol. The van der Waals surface area contributed by atoms with Gasteiger partial charge in [-0.25, -0.2) is 0 Å². The number of carbonyl (C=O) groups excluding carboxylic acids is 1. The van der Waals surface area contributed by atoms with Gasteiger partial charge < -0.3 is 5.43 Å². The van der Waals surface area contributed by atoms with Crippen LogP contribution in [0.5, 0.6) is 0 Å². The summed E-state index contributed by atoms with van der Waals surface area (Å²) in [5.74, 6) is 5.97. The van der Waals surface area contributed by atoms with E-state index < -0.39 is 0 Å². The van der Waals surface area contributed by atoms with Crippen LogP contribution in [0.2, 0.25) is 0 Å². The van der Waals surface area contributed by atoms with Crippen LogP contribution in [0.25, 0.3) is 38.6 Å². The summed E-state index contributed by atoms with van der Waals surface area (Å²) < 4.78 is 0. The van der Waals surface area contributed by atoms with Gasteiger partial charge in [0.15, 0.2) is 0 Å². The van der Waals surface area contributed by atoms with Gasteiger partial charge in [-0.1, -0.05) is 60.7 Å². The largest absolute Gasteiger partial charge is 0.323 e. The van der Waals surface area contributed by atoms with E-state index in [2.05, 4.69) is 15.6 Å². The summed E-state index contributed by atoms with van der Waals surface area (Å²) in [6.45, 7) is 0. The predicted octanol–water partition coefficient (Wildman–Crippen LogP) is 3.60. The van der Waals surface area contributed by atoms with Gasteiger partial charge in [-0.3, -0.25) is 10.6 Å². The Bertz CT molecular complexity index is 1430. The monoisotopic (exact) mass is 390 g/mol. The van der Waals surface area contributed by atoms with Crippen LogP contribution in [0.15, 0.2) is 84.9 Å². The second-order valence-electron chi connectivity index (χ2n) is 7.08. The number of hydrogen-bond acceptors (Lipinski definition) is 5. The SMILES string of the molecule is NN/C(c1ccccc1)=c1/cc2cc(C=O)cc2cc2c(-c3ccccc3)nnc12. The van der Waals surface area contributed by atoms with Crippen molar-refractivity contribution in [2.75, 3.05) is 0 Å². The molecule has 1 heterocycles. The summed E-state index contributed by atoms with van der Waals surface area (Å²) in [7, 11) is 0. The van der Waals surface area contributed by atoms with Gasteiger partial charge in [-0.05, 0) is 40.6 Å². The van der Waals surface area contributed by atoms with Crippen LogP contribution in [-0.4, -0.2) is 16.5 Å². The van der Waals surface area contributed by atoms with Crippen molar-refractivity contribution in [1.29, 1.82) is 0 Å². The average Bonchev–Trinajstić information content (AvgIpc) is 3.36. The van der Waals surface area contributed by atoms with E-state index in [1.807, 2.05) is 84.9 Å². The molecule has 0 bridgehead atoms. The summed E-state index contributed by atoms with van der Waals surface area (Å²) in [5, 5.41) is 12.6. The summed E-state index contributed by atoms with van der Waals surface area (Å²) >= 11 is 0. The first-order chi connectivity index (χ1) is 14.8. The van der Waals surface area contributed by atoms with Crippen LogP contribution in [-0.2, 0) is 0 Å². The molecule has 0 unspecified atom stereocenters.